The summed E-state index contributed by atoms with van der Waals surface area (Å²) in [6, 6.07) is 11.7. The lowest BCUT2D eigenvalue weighted by molar-refractivity contribution is -0.121. The zero-order valence-corrected chi connectivity index (χ0v) is 16.3. The summed E-state index contributed by atoms with van der Waals surface area (Å²) in [5.74, 6) is 0.849. The lowest BCUT2D eigenvalue weighted by atomic mass is 10.1. The number of rotatable bonds is 7. The maximum Gasteiger partial charge on any atom is 0.220 e. The lowest BCUT2D eigenvalue weighted by Crippen LogP contribution is -2.23. The van der Waals surface area contributed by atoms with Gasteiger partial charge in [0.2, 0.25) is 5.91 Å². The van der Waals surface area contributed by atoms with Crippen molar-refractivity contribution in [1.82, 2.24) is 19.7 Å². The van der Waals surface area contributed by atoms with Gasteiger partial charge in [-0.3, -0.25) is 14.2 Å². The molecule has 1 aromatic carbocycles. The molecule has 0 fully saturated rings. The molecule has 0 aliphatic heterocycles. The van der Waals surface area contributed by atoms with Gasteiger partial charge < -0.3 is 10.1 Å². The smallest absolute Gasteiger partial charge is 0.220 e. The number of carbonyl (C=O) groups is 1. The van der Waals surface area contributed by atoms with E-state index in [9.17, 15) is 4.79 Å². The summed E-state index contributed by atoms with van der Waals surface area (Å²) in [4.78, 5) is 21.8. The number of methoxy groups -OCH3 is 1. The van der Waals surface area contributed by atoms with E-state index in [0.717, 1.165) is 33.2 Å². The van der Waals surface area contributed by atoms with Gasteiger partial charge in [-0.1, -0.05) is 6.07 Å². The third kappa shape index (κ3) is 4.04. The first-order valence-electron chi connectivity index (χ1n) is 8.98. The van der Waals surface area contributed by atoms with Crippen molar-refractivity contribution in [2.24, 2.45) is 0 Å². The van der Waals surface area contributed by atoms with Crippen molar-refractivity contribution in [1.29, 1.82) is 0 Å². The highest BCUT2D eigenvalue weighted by atomic mass is 32.1. The molecule has 142 valence electrons. The topological polar surface area (TPSA) is 68.5 Å². The molecule has 7 heteroatoms. The van der Waals surface area contributed by atoms with Gasteiger partial charge >= 0.3 is 0 Å². The third-order valence-corrected chi connectivity index (χ3v) is 5.38. The third-order valence-electron chi connectivity index (χ3n) is 4.49. The number of imidazole rings is 1. The van der Waals surface area contributed by atoms with E-state index in [1.165, 1.54) is 0 Å². The Morgan fingerprint density at radius 3 is 2.86 bits per heavy atom. The molecule has 0 bridgehead atoms. The van der Waals surface area contributed by atoms with Crippen LogP contribution in [0.3, 0.4) is 0 Å². The van der Waals surface area contributed by atoms with Crippen molar-refractivity contribution in [3.8, 4) is 17.0 Å². The van der Waals surface area contributed by atoms with Crippen LogP contribution in [0, 0.1) is 0 Å². The molecule has 4 aromatic rings. The Labute approximate surface area is 166 Å². The highest BCUT2D eigenvalue weighted by Crippen LogP contribution is 2.25. The molecule has 6 nitrogen and oxygen atoms in total. The molecule has 0 unspecified atom stereocenters. The van der Waals surface area contributed by atoms with E-state index in [2.05, 4.69) is 20.1 Å². The largest absolute Gasteiger partial charge is 0.497 e. The Bertz CT molecular complexity index is 1070. The summed E-state index contributed by atoms with van der Waals surface area (Å²) in [5, 5.41) is 5.00. The molecule has 0 saturated carbocycles. The van der Waals surface area contributed by atoms with Gasteiger partial charge in [0.15, 0.2) is 4.96 Å². The van der Waals surface area contributed by atoms with Gasteiger partial charge in [0.25, 0.3) is 0 Å². The first kappa shape index (κ1) is 18.2. The molecule has 3 aromatic heterocycles. The molecule has 1 N–H and O–H groups in total. The van der Waals surface area contributed by atoms with Gasteiger partial charge in [0.1, 0.15) is 5.75 Å². The van der Waals surface area contributed by atoms with Crippen LogP contribution in [0.4, 0.5) is 0 Å². The molecule has 0 spiro atoms. The summed E-state index contributed by atoms with van der Waals surface area (Å²) in [7, 11) is 1.65. The first-order valence-corrected chi connectivity index (χ1v) is 9.86. The number of amides is 1. The van der Waals surface area contributed by atoms with E-state index in [-0.39, 0.29) is 5.91 Å². The molecule has 0 saturated heterocycles. The maximum atomic E-state index is 12.2. The van der Waals surface area contributed by atoms with Gasteiger partial charge in [0, 0.05) is 48.2 Å². The lowest BCUT2D eigenvalue weighted by Gasteiger charge is -2.05. The van der Waals surface area contributed by atoms with Crippen molar-refractivity contribution in [3.63, 3.8) is 0 Å². The molecule has 28 heavy (non-hydrogen) atoms. The molecule has 0 atom stereocenters. The molecule has 1 amide bonds. The number of aromatic nitrogens is 3. The molecule has 3 heterocycles. The Morgan fingerprint density at radius 2 is 2.11 bits per heavy atom. The predicted molar refractivity (Wildman–Crippen MR) is 109 cm³/mol. The number of carbonyl (C=O) groups excluding carboxylic acids is 1. The fourth-order valence-corrected chi connectivity index (χ4v) is 3.85. The van der Waals surface area contributed by atoms with Gasteiger partial charge in [-0.25, -0.2) is 4.98 Å². The van der Waals surface area contributed by atoms with Crippen LogP contribution in [0.2, 0.25) is 0 Å². The van der Waals surface area contributed by atoms with Gasteiger partial charge in [0.05, 0.1) is 12.8 Å². The van der Waals surface area contributed by atoms with Crippen LogP contribution in [-0.2, 0) is 17.8 Å². The van der Waals surface area contributed by atoms with E-state index in [4.69, 9.17) is 9.72 Å². The van der Waals surface area contributed by atoms with E-state index in [1.807, 2.05) is 42.6 Å². The number of hydrogen-bond acceptors (Lipinski definition) is 5. The maximum absolute atomic E-state index is 12.2. The van der Waals surface area contributed by atoms with Crippen molar-refractivity contribution >= 4 is 22.2 Å². The standard InChI is InChI=1S/C21H20N4O2S/c1-27-18-7-4-16(5-8-18)19-13-25-17(14-28-21(25)24-19)6-9-20(26)23-12-15-3-2-10-22-11-15/h2-5,7-8,10-11,13-14H,6,9,12H2,1H3,(H,23,26). The molecule has 0 aliphatic rings. The van der Waals surface area contributed by atoms with Crippen LogP contribution in [0.15, 0.2) is 60.4 Å². The van der Waals surface area contributed by atoms with Crippen LogP contribution < -0.4 is 10.1 Å². The van der Waals surface area contributed by atoms with Crippen LogP contribution in [0.1, 0.15) is 17.7 Å². The zero-order valence-electron chi connectivity index (χ0n) is 15.5. The van der Waals surface area contributed by atoms with Gasteiger partial charge in [-0.05, 0) is 42.3 Å². The number of nitrogens with one attached hydrogen (secondary N) is 1. The number of benzene rings is 1. The minimum atomic E-state index is 0.0266. The average molecular weight is 392 g/mol. The normalized spacial score (nSPS) is 10.9. The summed E-state index contributed by atoms with van der Waals surface area (Å²) >= 11 is 1.59. The van der Waals surface area contributed by atoms with E-state index >= 15 is 0 Å². The predicted octanol–water partition coefficient (Wildman–Crippen LogP) is 3.72. The quantitative estimate of drug-likeness (QED) is 0.521. The SMILES string of the molecule is COc1ccc(-c2cn3c(CCC(=O)NCc4cccnc4)csc3n2)cc1. The van der Waals surface area contributed by atoms with Crippen LogP contribution >= 0.6 is 11.3 Å². The van der Waals surface area contributed by atoms with Gasteiger partial charge in [-0.2, -0.15) is 0 Å². The highest BCUT2D eigenvalue weighted by molar-refractivity contribution is 7.15. The molecule has 0 aliphatic carbocycles. The highest BCUT2D eigenvalue weighted by Gasteiger charge is 2.11. The second kappa shape index (κ2) is 8.22. The molecular weight excluding hydrogens is 372 g/mol. The second-order valence-corrected chi connectivity index (χ2v) is 7.21. The number of thiazole rings is 1. The summed E-state index contributed by atoms with van der Waals surface area (Å²) in [5.41, 5.74) is 4.03. The monoisotopic (exact) mass is 392 g/mol. The van der Waals surface area contributed by atoms with Crippen LogP contribution in [0.25, 0.3) is 16.2 Å². The Morgan fingerprint density at radius 1 is 1.25 bits per heavy atom. The number of hydrogen-bond donors (Lipinski definition) is 1. The van der Waals surface area contributed by atoms with Crippen LogP contribution in [0.5, 0.6) is 5.75 Å². The first-order chi connectivity index (χ1) is 13.7. The minimum Gasteiger partial charge on any atom is -0.497 e. The van der Waals surface area contributed by atoms with E-state index in [0.29, 0.717) is 19.4 Å². The fourth-order valence-electron chi connectivity index (χ4n) is 2.94. The minimum absolute atomic E-state index is 0.0266. The zero-order chi connectivity index (χ0) is 19.3. The summed E-state index contributed by atoms with van der Waals surface area (Å²) < 4.78 is 7.27. The Hall–Kier alpha value is -3.19. The Balaban J connectivity index is 1.40. The van der Waals surface area contributed by atoms with Crippen molar-refractivity contribution in [3.05, 3.63) is 71.6 Å². The number of nitrogens with zero attached hydrogens (tertiary/aromatic N) is 3. The Kier molecular flexibility index (Phi) is 5.34. The van der Waals surface area contributed by atoms with Crippen molar-refractivity contribution in [2.45, 2.75) is 19.4 Å². The van der Waals surface area contributed by atoms with Crippen LogP contribution in [-0.4, -0.2) is 27.4 Å². The second-order valence-electron chi connectivity index (χ2n) is 6.37. The van der Waals surface area contributed by atoms with Crippen molar-refractivity contribution in [2.75, 3.05) is 7.11 Å². The van der Waals surface area contributed by atoms with E-state index in [1.54, 1.807) is 30.8 Å². The fraction of sp³-hybridized carbons (Fsp3) is 0.190. The number of fused-ring (bicyclic) bond motifs is 1. The number of pyridine rings is 1. The molecular formula is C21H20N4O2S. The number of aryl methyl sites for hydroxylation is 1. The summed E-state index contributed by atoms with van der Waals surface area (Å²) in [6.45, 7) is 0.498. The molecule has 0 radical (unpaired) electrons. The van der Waals surface area contributed by atoms with E-state index < -0.39 is 0 Å². The van der Waals surface area contributed by atoms with Crippen molar-refractivity contribution < 1.29 is 9.53 Å². The summed E-state index contributed by atoms with van der Waals surface area (Å²) in [6.07, 6.45) is 6.60. The average Bonchev–Trinajstić information content (AvgIpc) is 3.33. The number of ether oxygens (including phenoxy) is 1. The van der Waals surface area contributed by atoms with Gasteiger partial charge in [-0.15, -0.1) is 11.3 Å². The molecule has 4 rings (SSSR count).